The molecule has 19 heavy (non-hydrogen) atoms. The number of hydrogen-bond acceptors (Lipinski definition) is 3. The number of ether oxygens (including phenoxy) is 1. The normalized spacial score (nSPS) is 21.1. The number of carbonyl (C=O) groups is 2. The molecule has 0 aliphatic carbocycles. The van der Waals surface area contributed by atoms with Crippen LogP contribution in [0.2, 0.25) is 0 Å². The first-order valence-corrected chi connectivity index (χ1v) is 7.60. The zero-order chi connectivity index (χ0) is 14.1. The molecule has 1 fully saturated rings. The van der Waals surface area contributed by atoms with E-state index in [4.69, 9.17) is 0 Å². The summed E-state index contributed by atoms with van der Waals surface area (Å²) in [6.07, 6.45) is 12.4. The Balaban J connectivity index is 2.55. The highest BCUT2D eigenvalue weighted by Crippen LogP contribution is 2.29. The summed E-state index contributed by atoms with van der Waals surface area (Å²) in [6.45, 7) is 4.33. The number of carbonyl (C=O) groups excluding carboxylic acids is 2. The minimum absolute atomic E-state index is 0.169. The van der Waals surface area contributed by atoms with Crippen LogP contribution in [0.1, 0.15) is 65.2 Å². The Kier molecular flexibility index (Phi) is 7.46. The Morgan fingerprint density at radius 3 is 2.53 bits per heavy atom. The van der Waals surface area contributed by atoms with E-state index < -0.39 is 0 Å². The van der Waals surface area contributed by atoms with Gasteiger partial charge >= 0.3 is 11.9 Å². The first-order valence-electron chi connectivity index (χ1n) is 7.60. The van der Waals surface area contributed by atoms with Gasteiger partial charge in [-0.15, -0.1) is 0 Å². The van der Waals surface area contributed by atoms with Gasteiger partial charge in [0.05, 0.1) is 12.3 Å². The summed E-state index contributed by atoms with van der Waals surface area (Å²) >= 11 is 0. The molecule has 0 spiro atoms. The summed E-state index contributed by atoms with van der Waals surface area (Å²) in [4.78, 5) is 22.9. The second kappa shape index (κ2) is 8.89. The SMILES string of the molecule is CCCC/C=C/[C@H](CCCCC)[C@@H]1CC(=O)OC1=O. The van der Waals surface area contributed by atoms with Crippen molar-refractivity contribution in [2.24, 2.45) is 11.8 Å². The molecule has 2 atom stereocenters. The van der Waals surface area contributed by atoms with Crippen molar-refractivity contribution < 1.29 is 14.3 Å². The van der Waals surface area contributed by atoms with Crippen molar-refractivity contribution >= 4 is 11.9 Å². The molecule has 0 N–H and O–H groups in total. The van der Waals surface area contributed by atoms with Crippen molar-refractivity contribution in [1.82, 2.24) is 0 Å². The quantitative estimate of drug-likeness (QED) is 0.274. The van der Waals surface area contributed by atoms with Gasteiger partial charge < -0.3 is 4.74 Å². The van der Waals surface area contributed by atoms with Crippen molar-refractivity contribution in [3.63, 3.8) is 0 Å². The van der Waals surface area contributed by atoms with Crippen LogP contribution in [0.15, 0.2) is 12.2 Å². The number of unbranched alkanes of at least 4 members (excludes halogenated alkanes) is 4. The van der Waals surface area contributed by atoms with Crippen molar-refractivity contribution in [2.45, 2.75) is 65.2 Å². The molecule has 0 bridgehead atoms. The van der Waals surface area contributed by atoms with E-state index >= 15 is 0 Å². The third-order valence-corrected chi connectivity index (χ3v) is 3.67. The Morgan fingerprint density at radius 1 is 1.21 bits per heavy atom. The number of cyclic esters (lactones) is 2. The lowest BCUT2D eigenvalue weighted by Crippen LogP contribution is -2.18. The van der Waals surface area contributed by atoms with Gasteiger partial charge in [-0.05, 0) is 18.8 Å². The fraction of sp³-hybridized carbons (Fsp3) is 0.750. The molecule has 0 radical (unpaired) electrons. The van der Waals surface area contributed by atoms with E-state index in [1.165, 1.54) is 25.7 Å². The summed E-state index contributed by atoms with van der Waals surface area (Å²) in [6, 6.07) is 0. The zero-order valence-electron chi connectivity index (χ0n) is 12.2. The smallest absolute Gasteiger partial charge is 0.317 e. The molecule has 3 nitrogen and oxygen atoms in total. The van der Waals surface area contributed by atoms with Crippen molar-refractivity contribution in [1.29, 1.82) is 0 Å². The number of esters is 2. The number of hydrogen-bond donors (Lipinski definition) is 0. The molecule has 1 heterocycles. The van der Waals surface area contributed by atoms with Crippen LogP contribution in [0.5, 0.6) is 0 Å². The fourth-order valence-corrected chi connectivity index (χ4v) is 2.47. The monoisotopic (exact) mass is 266 g/mol. The van der Waals surface area contributed by atoms with Crippen LogP contribution in [0.3, 0.4) is 0 Å². The maximum atomic E-state index is 11.7. The second-order valence-corrected chi connectivity index (χ2v) is 5.33. The molecule has 0 aromatic heterocycles. The van der Waals surface area contributed by atoms with Crippen LogP contribution in [-0.2, 0) is 14.3 Å². The highest BCUT2D eigenvalue weighted by Gasteiger charge is 2.37. The van der Waals surface area contributed by atoms with Gasteiger partial charge in [-0.3, -0.25) is 9.59 Å². The largest absolute Gasteiger partial charge is 0.393 e. The summed E-state index contributed by atoms with van der Waals surface area (Å²) in [5.74, 6) is -0.770. The van der Waals surface area contributed by atoms with Gasteiger partial charge in [0.25, 0.3) is 0 Å². The fourth-order valence-electron chi connectivity index (χ4n) is 2.47. The zero-order valence-corrected chi connectivity index (χ0v) is 12.2. The van der Waals surface area contributed by atoms with Gasteiger partial charge in [-0.2, -0.15) is 0 Å². The average molecular weight is 266 g/mol. The first-order chi connectivity index (χ1) is 9.19. The molecule has 1 aliphatic heterocycles. The molecule has 0 unspecified atom stereocenters. The lowest BCUT2D eigenvalue weighted by atomic mass is 9.86. The second-order valence-electron chi connectivity index (χ2n) is 5.33. The van der Waals surface area contributed by atoms with Crippen LogP contribution in [0, 0.1) is 11.8 Å². The molecule has 1 aliphatic rings. The predicted molar refractivity (Wildman–Crippen MR) is 75.5 cm³/mol. The summed E-state index contributed by atoms with van der Waals surface area (Å²) in [5.41, 5.74) is 0. The highest BCUT2D eigenvalue weighted by atomic mass is 16.6. The van der Waals surface area contributed by atoms with Gasteiger partial charge in [-0.1, -0.05) is 58.1 Å². The van der Waals surface area contributed by atoms with Gasteiger partial charge in [0.15, 0.2) is 0 Å². The molecular formula is C16H26O3. The van der Waals surface area contributed by atoms with E-state index in [1.54, 1.807) is 0 Å². The Labute approximate surface area is 116 Å². The molecule has 0 aromatic rings. The summed E-state index contributed by atoms with van der Waals surface area (Å²) in [5, 5.41) is 0. The van der Waals surface area contributed by atoms with E-state index in [9.17, 15) is 9.59 Å². The highest BCUT2D eigenvalue weighted by molar-refractivity contribution is 5.94. The lowest BCUT2D eigenvalue weighted by molar-refractivity contribution is -0.153. The van der Waals surface area contributed by atoms with Crippen LogP contribution >= 0.6 is 0 Å². The van der Waals surface area contributed by atoms with E-state index in [0.29, 0.717) is 0 Å². The van der Waals surface area contributed by atoms with Crippen LogP contribution in [-0.4, -0.2) is 11.9 Å². The van der Waals surface area contributed by atoms with Crippen molar-refractivity contribution in [2.75, 3.05) is 0 Å². The minimum atomic E-state index is -0.363. The maximum absolute atomic E-state index is 11.7. The predicted octanol–water partition coefficient (Wildman–Crippen LogP) is 4.02. The maximum Gasteiger partial charge on any atom is 0.317 e. The van der Waals surface area contributed by atoms with Crippen LogP contribution in [0.25, 0.3) is 0 Å². The summed E-state index contributed by atoms with van der Waals surface area (Å²) in [7, 11) is 0. The molecule has 3 heteroatoms. The van der Waals surface area contributed by atoms with E-state index in [0.717, 1.165) is 19.3 Å². The third-order valence-electron chi connectivity index (χ3n) is 3.67. The van der Waals surface area contributed by atoms with E-state index in [1.807, 2.05) is 0 Å². The van der Waals surface area contributed by atoms with Crippen molar-refractivity contribution in [3.05, 3.63) is 12.2 Å². The molecular weight excluding hydrogens is 240 g/mol. The summed E-state index contributed by atoms with van der Waals surface area (Å²) < 4.78 is 4.68. The molecule has 0 amide bonds. The minimum Gasteiger partial charge on any atom is -0.393 e. The Bertz CT molecular complexity index is 320. The first kappa shape index (κ1) is 15.9. The van der Waals surface area contributed by atoms with Crippen LogP contribution < -0.4 is 0 Å². The lowest BCUT2D eigenvalue weighted by Gasteiger charge is -2.16. The molecule has 0 saturated carbocycles. The topological polar surface area (TPSA) is 43.4 Å². The van der Waals surface area contributed by atoms with Crippen molar-refractivity contribution in [3.8, 4) is 0 Å². The van der Waals surface area contributed by atoms with Gasteiger partial charge in [0.2, 0.25) is 0 Å². The average Bonchev–Trinajstić information content (AvgIpc) is 2.71. The van der Waals surface area contributed by atoms with E-state index in [-0.39, 0.29) is 30.2 Å². The Hall–Kier alpha value is -1.12. The van der Waals surface area contributed by atoms with Crippen LogP contribution in [0.4, 0.5) is 0 Å². The molecule has 1 rings (SSSR count). The van der Waals surface area contributed by atoms with E-state index in [2.05, 4.69) is 30.7 Å². The third kappa shape index (κ3) is 5.58. The van der Waals surface area contributed by atoms with Gasteiger partial charge in [0, 0.05) is 0 Å². The van der Waals surface area contributed by atoms with Gasteiger partial charge in [0.1, 0.15) is 0 Å². The van der Waals surface area contributed by atoms with Gasteiger partial charge in [-0.25, -0.2) is 0 Å². The standard InChI is InChI=1S/C16H26O3/c1-3-5-7-9-11-13(10-8-6-4-2)14-12-15(17)19-16(14)18/h9,11,13-14H,3-8,10,12H2,1-2H3/b11-9+/t13-,14-/m0/s1. The number of rotatable bonds is 9. The number of allylic oxidation sites excluding steroid dienone is 2. The Morgan fingerprint density at radius 2 is 1.95 bits per heavy atom. The molecule has 108 valence electrons. The molecule has 1 saturated heterocycles. The molecule has 0 aromatic carbocycles.